The number of rotatable bonds is 1. The first kappa shape index (κ1) is 11.7. The molecule has 0 aliphatic carbocycles. The Kier molecular flexibility index (Phi) is 2.92. The lowest BCUT2D eigenvalue weighted by Crippen LogP contribution is -2.29. The summed E-state index contributed by atoms with van der Waals surface area (Å²) in [5, 5.41) is 0. The zero-order valence-corrected chi connectivity index (χ0v) is 10.8. The van der Waals surface area contributed by atoms with Gasteiger partial charge in [-0.1, -0.05) is 54.6 Å². The van der Waals surface area contributed by atoms with Crippen molar-refractivity contribution in [3.05, 3.63) is 71.3 Å². The van der Waals surface area contributed by atoms with Gasteiger partial charge in [0.15, 0.2) is 0 Å². The van der Waals surface area contributed by atoms with Crippen LogP contribution in [0.2, 0.25) is 0 Å². The summed E-state index contributed by atoms with van der Waals surface area (Å²) in [6.45, 7) is 2.26. The fourth-order valence-corrected chi connectivity index (χ4v) is 2.43. The molecular weight excluding hydrogens is 234 g/mol. The van der Waals surface area contributed by atoms with E-state index in [0.29, 0.717) is 6.54 Å². The number of fused-ring (bicyclic) bond motifs is 1. The third kappa shape index (κ3) is 2.17. The minimum atomic E-state index is 0.0737. The fraction of sp³-hybridized carbons (Fsp3) is 0.118. The van der Waals surface area contributed by atoms with Crippen LogP contribution in [-0.2, 0) is 11.3 Å². The van der Waals surface area contributed by atoms with Crippen molar-refractivity contribution in [3.8, 4) is 0 Å². The maximum Gasteiger partial charge on any atom is 0.224 e. The molecule has 19 heavy (non-hydrogen) atoms. The van der Waals surface area contributed by atoms with Crippen molar-refractivity contribution >= 4 is 17.7 Å². The standard InChI is InChI=1S/C17H15NO/c1-13(19)18-12-16-10-6-5-9-15(16)11-17(18)14-7-3-2-4-8-14/h2-11H,12H2,1H3. The molecule has 1 aliphatic heterocycles. The van der Waals surface area contributed by atoms with Crippen LogP contribution >= 0.6 is 0 Å². The van der Waals surface area contributed by atoms with Gasteiger partial charge in [0.05, 0.1) is 12.2 Å². The summed E-state index contributed by atoms with van der Waals surface area (Å²) in [6.07, 6.45) is 2.09. The van der Waals surface area contributed by atoms with E-state index in [1.807, 2.05) is 47.4 Å². The van der Waals surface area contributed by atoms with E-state index in [1.165, 1.54) is 11.1 Å². The van der Waals surface area contributed by atoms with Gasteiger partial charge >= 0.3 is 0 Å². The molecule has 0 atom stereocenters. The highest BCUT2D eigenvalue weighted by Gasteiger charge is 2.21. The molecular formula is C17H15NO. The Bertz CT molecular complexity index is 643. The number of hydrogen-bond acceptors (Lipinski definition) is 1. The summed E-state index contributed by atoms with van der Waals surface area (Å²) in [5.41, 5.74) is 4.44. The van der Waals surface area contributed by atoms with Crippen LogP contribution in [0.4, 0.5) is 0 Å². The van der Waals surface area contributed by atoms with Crippen molar-refractivity contribution in [1.82, 2.24) is 4.90 Å². The van der Waals surface area contributed by atoms with Gasteiger partial charge < -0.3 is 4.90 Å². The van der Waals surface area contributed by atoms with E-state index in [-0.39, 0.29) is 5.91 Å². The molecule has 0 fully saturated rings. The molecule has 94 valence electrons. The lowest BCUT2D eigenvalue weighted by molar-refractivity contribution is -0.126. The SMILES string of the molecule is CC(=O)N1Cc2ccccc2C=C1c1ccccc1. The van der Waals surface area contributed by atoms with Gasteiger partial charge in [0, 0.05) is 6.92 Å². The highest BCUT2D eigenvalue weighted by molar-refractivity contribution is 5.93. The van der Waals surface area contributed by atoms with Gasteiger partial charge in [-0.15, -0.1) is 0 Å². The first-order valence-corrected chi connectivity index (χ1v) is 6.39. The van der Waals surface area contributed by atoms with Crippen LogP contribution in [0.25, 0.3) is 11.8 Å². The van der Waals surface area contributed by atoms with Crippen molar-refractivity contribution in [2.24, 2.45) is 0 Å². The smallest absolute Gasteiger partial charge is 0.224 e. The molecule has 1 aliphatic rings. The summed E-state index contributed by atoms with van der Waals surface area (Å²) in [4.78, 5) is 13.7. The average molecular weight is 249 g/mol. The number of amides is 1. The first-order valence-electron chi connectivity index (χ1n) is 6.39. The molecule has 2 aromatic rings. The molecule has 0 spiro atoms. The first-order chi connectivity index (χ1) is 9.25. The fourth-order valence-electron chi connectivity index (χ4n) is 2.43. The second-order valence-electron chi connectivity index (χ2n) is 4.70. The van der Waals surface area contributed by atoms with E-state index in [0.717, 1.165) is 11.3 Å². The maximum atomic E-state index is 11.9. The zero-order valence-electron chi connectivity index (χ0n) is 10.8. The average Bonchev–Trinajstić information content (AvgIpc) is 2.46. The van der Waals surface area contributed by atoms with Crippen molar-refractivity contribution < 1.29 is 4.79 Å². The van der Waals surface area contributed by atoms with Gasteiger partial charge in [-0.2, -0.15) is 0 Å². The predicted molar refractivity (Wildman–Crippen MR) is 77.0 cm³/mol. The minimum Gasteiger partial charge on any atom is -0.308 e. The number of benzene rings is 2. The highest BCUT2D eigenvalue weighted by Crippen LogP contribution is 2.30. The second kappa shape index (κ2) is 4.73. The van der Waals surface area contributed by atoms with E-state index in [2.05, 4.69) is 18.2 Å². The quantitative estimate of drug-likeness (QED) is 0.757. The van der Waals surface area contributed by atoms with Crippen molar-refractivity contribution in [3.63, 3.8) is 0 Å². The molecule has 2 aromatic carbocycles. The Morgan fingerprint density at radius 1 is 1.00 bits per heavy atom. The van der Waals surface area contributed by atoms with Crippen molar-refractivity contribution in [2.75, 3.05) is 0 Å². The molecule has 0 bridgehead atoms. The van der Waals surface area contributed by atoms with Crippen molar-refractivity contribution in [2.45, 2.75) is 13.5 Å². The van der Waals surface area contributed by atoms with Crippen LogP contribution in [0.3, 0.4) is 0 Å². The molecule has 0 unspecified atom stereocenters. The third-order valence-corrected chi connectivity index (χ3v) is 3.42. The van der Waals surface area contributed by atoms with Gasteiger partial charge in [-0.25, -0.2) is 0 Å². The van der Waals surface area contributed by atoms with Crippen LogP contribution in [0.15, 0.2) is 54.6 Å². The molecule has 0 saturated heterocycles. The summed E-state index contributed by atoms with van der Waals surface area (Å²) in [5.74, 6) is 0.0737. The number of carbonyl (C=O) groups is 1. The molecule has 0 saturated carbocycles. The van der Waals surface area contributed by atoms with E-state index in [9.17, 15) is 4.79 Å². The summed E-state index contributed by atoms with van der Waals surface area (Å²) in [7, 11) is 0. The Morgan fingerprint density at radius 3 is 2.42 bits per heavy atom. The van der Waals surface area contributed by atoms with Gasteiger partial charge in [0.1, 0.15) is 0 Å². The molecule has 3 rings (SSSR count). The number of nitrogens with zero attached hydrogens (tertiary/aromatic N) is 1. The van der Waals surface area contributed by atoms with E-state index < -0.39 is 0 Å². The second-order valence-corrected chi connectivity index (χ2v) is 4.70. The van der Waals surface area contributed by atoms with Gasteiger partial charge in [0.2, 0.25) is 5.91 Å². The third-order valence-electron chi connectivity index (χ3n) is 3.42. The Balaban J connectivity index is 2.13. The van der Waals surface area contributed by atoms with E-state index in [1.54, 1.807) is 6.92 Å². The topological polar surface area (TPSA) is 20.3 Å². The lowest BCUT2D eigenvalue weighted by atomic mass is 9.98. The Morgan fingerprint density at radius 2 is 1.68 bits per heavy atom. The van der Waals surface area contributed by atoms with Crippen molar-refractivity contribution in [1.29, 1.82) is 0 Å². The Hall–Kier alpha value is -2.35. The molecule has 1 heterocycles. The maximum absolute atomic E-state index is 11.9. The minimum absolute atomic E-state index is 0.0737. The molecule has 0 aromatic heterocycles. The zero-order chi connectivity index (χ0) is 13.2. The molecule has 0 N–H and O–H groups in total. The summed E-state index contributed by atoms with van der Waals surface area (Å²) >= 11 is 0. The predicted octanol–water partition coefficient (Wildman–Crippen LogP) is 3.55. The van der Waals surface area contributed by atoms with Gasteiger partial charge in [-0.3, -0.25) is 4.79 Å². The van der Waals surface area contributed by atoms with Crippen LogP contribution in [0.1, 0.15) is 23.6 Å². The van der Waals surface area contributed by atoms with E-state index >= 15 is 0 Å². The molecule has 1 amide bonds. The normalized spacial score (nSPS) is 13.7. The number of hydrogen-bond donors (Lipinski definition) is 0. The summed E-state index contributed by atoms with van der Waals surface area (Å²) in [6, 6.07) is 18.3. The van der Waals surface area contributed by atoms with Gasteiger partial charge in [0.25, 0.3) is 0 Å². The monoisotopic (exact) mass is 249 g/mol. The van der Waals surface area contributed by atoms with Crippen LogP contribution in [-0.4, -0.2) is 10.8 Å². The highest BCUT2D eigenvalue weighted by atomic mass is 16.2. The molecule has 2 nitrogen and oxygen atoms in total. The Labute approximate surface area is 113 Å². The molecule has 0 radical (unpaired) electrons. The van der Waals surface area contributed by atoms with Crippen LogP contribution in [0, 0.1) is 0 Å². The summed E-state index contributed by atoms with van der Waals surface area (Å²) < 4.78 is 0. The van der Waals surface area contributed by atoms with Crippen LogP contribution < -0.4 is 0 Å². The van der Waals surface area contributed by atoms with E-state index in [4.69, 9.17) is 0 Å². The number of carbonyl (C=O) groups excluding carboxylic acids is 1. The molecule has 2 heteroatoms. The largest absolute Gasteiger partial charge is 0.308 e. The van der Waals surface area contributed by atoms with Gasteiger partial charge in [-0.05, 0) is 22.8 Å². The lowest BCUT2D eigenvalue weighted by Gasteiger charge is -2.29. The van der Waals surface area contributed by atoms with Crippen LogP contribution in [0.5, 0.6) is 0 Å².